The molecule has 196 valence electrons. The Morgan fingerprint density at radius 2 is 1.86 bits per heavy atom. The van der Waals surface area contributed by atoms with Crippen molar-refractivity contribution in [3.8, 4) is 0 Å². The molecule has 3 atom stereocenters. The highest BCUT2D eigenvalue weighted by Gasteiger charge is 2.34. The predicted octanol–water partition coefficient (Wildman–Crippen LogP) is 2.13. The number of nitrogens with one attached hydrogen (secondary N) is 2. The Labute approximate surface area is 217 Å². The number of carbonyl (C=O) groups is 2. The number of nitrogens with zero attached hydrogens (tertiary/aromatic N) is 3. The zero-order valence-corrected chi connectivity index (χ0v) is 21.6. The van der Waals surface area contributed by atoms with Crippen molar-refractivity contribution in [1.29, 1.82) is 0 Å². The average molecular weight is 506 g/mol. The molecule has 0 spiro atoms. The number of piperazine rings is 1. The summed E-state index contributed by atoms with van der Waals surface area (Å²) in [6, 6.07) is 17.0. The number of benzene rings is 2. The van der Waals surface area contributed by atoms with Gasteiger partial charge in [0.15, 0.2) is 0 Å². The quantitative estimate of drug-likeness (QED) is 0.359. The van der Waals surface area contributed by atoms with Crippen LogP contribution in [0.5, 0.6) is 0 Å². The van der Waals surface area contributed by atoms with E-state index < -0.39 is 18.1 Å². The molecule has 9 nitrogen and oxygen atoms in total. The van der Waals surface area contributed by atoms with Gasteiger partial charge in [0.05, 0.1) is 19.0 Å². The van der Waals surface area contributed by atoms with E-state index >= 15 is 0 Å². The molecule has 0 bridgehead atoms. The van der Waals surface area contributed by atoms with E-state index in [-0.39, 0.29) is 30.3 Å². The summed E-state index contributed by atoms with van der Waals surface area (Å²) in [5.74, 6) is -0.739. The van der Waals surface area contributed by atoms with Crippen molar-refractivity contribution in [2.24, 2.45) is 5.92 Å². The van der Waals surface area contributed by atoms with Gasteiger partial charge in [0.2, 0.25) is 17.6 Å². The number of rotatable bonds is 10. The monoisotopic (exact) mass is 505 g/mol. The largest absolute Gasteiger partial charge is 0.418 e. The van der Waals surface area contributed by atoms with Gasteiger partial charge in [-0.15, -0.1) is 10.2 Å². The molecule has 3 aromatic rings. The third kappa shape index (κ3) is 7.09. The van der Waals surface area contributed by atoms with E-state index in [1.807, 2.05) is 75.4 Å². The molecule has 1 aliphatic rings. The first kappa shape index (κ1) is 26.7. The van der Waals surface area contributed by atoms with Gasteiger partial charge in [-0.2, -0.15) is 0 Å². The highest BCUT2D eigenvalue weighted by molar-refractivity contribution is 5.98. The first-order valence-corrected chi connectivity index (χ1v) is 12.7. The maximum absolute atomic E-state index is 13.2. The number of carbonyl (C=O) groups excluding carboxylic acids is 2. The van der Waals surface area contributed by atoms with Crippen LogP contribution in [0.1, 0.15) is 47.1 Å². The molecule has 37 heavy (non-hydrogen) atoms. The topological polar surface area (TPSA) is 121 Å². The predicted molar refractivity (Wildman–Crippen MR) is 139 cm³/mol. The molecule has 2 aromatic carbocycles. The lowest BCUT2D eigenvalue weighted by Gasteiger charge is -2.39. The molecule has 1 unspecified atom stereocenters. The fraction of sp³-hybridized carbons (Fsp3) is 0.429. The summed E-state index contributed by atoms with van der Waals surface area (Å²) in [6.45, 7) is 6.70. The Bertz CT molecular complexity index is 1200. The molecule has 1 aromatic heterocycles. The van der Waals surface area contributed by atoms with Crippen LogP contribution >= 0.6 is 0 Å². The van der Waals surface area contributed by atoms with Gasteiger partial charge in [-0.1, -0.05) is 74.0 Å². The first-order chi connectivity index (χ1) is 17.8. The maximum Gasteiger partial charge on any atom is 0.286 e. The van der Waals surface area contributed by atoms with Crippen LogP contribution in [0.4, 0.5) is 0 Å². The van der Waals surface area contributed by atoms with E-state index in [0.29, 0.717) is 31.8 Å². The summed E-state index contributed by atoms with van der Waals surface area (Å²) in [5, 5.41) is 24.7. The number of aromatic nitrogens is 2. The number of amides is 1. The second-order valence-electron chi connectivity index (χ2n) is 9.97. The lowest BCUT2D eigenvalue weighted by Crippen LogP contribution is -2.61. The highest BCUT2D eigenvalue weighted by atomic mass is 16.4. The third-order valence-corrected chi connectivity index (χ3v) is 6.58. The number of aliphatic hydroxyl groups excluding tert-OH is 1. The van der Waals surface area contributed by atoms with E-state index in [2.05, 4.69) is 20.8 Å². The fourth-order valence-corrected chi connectivity index (χ4v) is 4.64. The van der Waals surface area contributed by atoms with Crippen molar-refractivity contribution < 1.29 is 19.1 Å². The molecule has 0 saturated carbocycles. The van der Waals surface area contributed by atoms with Gasteiger partial charge in [-0.25, -0.2) is 0 Å². The molecular formula is C28H35N5O4. The van der Waals surface area contributed by atoms with Crippen molar-refractivity contribution in [3.05, 3.63) is 83.1 Å². The van der Waals surface area contributed by atoms with Gasteiger partial charge in [0, 0.05) is 19.1 Å². The van der Waals surface area contributed by atoms with Crippen LogP contribution < -0.4 is 10.6 Å². The van der Waals surface area contributed by atoms with Crippen molar-refractivity contribution in [3.63, 3.8) is 0 Å². The molecular weight excluding hydrogens is 470 g/mol. The van der Waals surface area contributed by atoms with Crippen molar-refractivity contribution in [1.82, 2.24) is 25.7 Å². The smallest absolute Gasteiger partial charge is 0.286 e. The van der Waals surface area contributed by atoms with Crippen molar-refractivity contribution in [2.75, 3.05) is 19.6 Å². The van der Waals surface area contributed by atoms with Crippen LogP contribution in [-0.4, -0.2) is 69.8 Å². The summed E-state index contributed by atoms with van der Waals surface area (Å²) < 4.78 is 5.67. The summed E-state index contributed by atoms with van der Waals surface area (Å²) in [6.07, 6.45) is 0.308. The number of aliphatic hydroxyl groups is 1. The zero-order chi connectivity index (χ0) is 26.4. The number of hydrogen-bond acceptors (Lipinski definition) is 8. The molecule has 3 N–H and O–H groups in total. The lowest BCUT2D eigenvalue weighted by atomic mass is 9.99. The summed E-state index contributed by atoms with van der Waals surface area (Å²) in [4.78, 5) is 28.1. The molecule has 0 aliphatic carbocycles. The molecule has 1 fully saturated rings. The van der Waals surface area contributed by atoms with E-state index in [0.717, 1.165) is 16.7 Å². The Kier molecular flexibility index (Phi) is 8.81. The van der Waals surface area contributed by atoms with Crippen LogP contribution in [0.25, 0.3) is 0 Å². The SMILES string of the molecule is Cc1cccc(Cc2nnc(C(=O)[C@@H](NC(=O)CN3C(O)CNC[C@H]3Cc3ccccc3)C(C)C)o2)c1. The Morgan fingerprint density at radius 3 is 2.59 bits per heavy atom. The number of aryl methyl sites for hydroxylation is 1. The second-order valence-corrected chi connectivity index (χ2v) is 9.97. The second kappa shape index (κ2) is 12.2. The van der Waals surface area contributed by atoms with Crippen LogP contribution in [0.15, 0.2) is 59.0 Å². The molecule has 1 amide bonds. The Balaban J connectivity index is 1.40. The van der Waals surface area contributed by atoms with Gasteiger partial charge in [-0.3, -0.25) is 14.5 Å². The Morgan fingerprint density at radius 1 is 1.11 bits per heavy atom. The first-order valence-electron chi connectivity index (χ1n) is 12.7. The normalized spacial score (nSPS) is 19.1. The molecule has 1 saturated heterocycles. The maximum atomic E-state index is 13.2. The van der Waals surface area contributed by atoms with Crippen LogP contribution in [-0.2, 0) is 17.6 Å². The number of hydrogen-bond donors (Lipinski definition) is 3. The van der Waals surface area contributed by atoms with Gasteiger partial charge in [0.1, 0.15) is 6.23 Å². The molecule has 4 rings (SSSR count). The van der Waals surface area contributed by atoms with Crippen LogP contribution in [0.2, 0.25) is 0 Å². The molecule has 9 heteroatoms. The van der Waals surface area contributed by atoms with E-state index in [1.54, 1.807) is 4.90 Å². The fourth-order valence-electron chi connectivity index (χ4n) is 4.64. The summed E-state index contributed by atoms with van der Waals surface area (Å²) >= 11 is 0. The number of ketones is 1. The van der Waals surface area contributed by atoms with E-state index in [1.165, 1.54) is 0 Å². The Hall–Kier alpha value is -3.40. The highest BCUT2D eigenvalue weighted by Crippen LogP contribution is 2.16. The third-order valence-electron chi connectivity index (χ3n) is 6.58. The zero-order valence-electron chi connectivity index (χ0n) is 21.6. The van der Waals surface area contributed by atoms with Gasteiger partial charge in [-0.05, 0) is 30.4 Å². The van der Waals surface area contributed by atoms with E-state index in [9.17, 15) is 14.7 Å². The minimum Gasteiger partial charge on any atom is -0.418 e. The van der Waals surface area contributed by atoms with Gasteiger partial charge < -0.3 is 20.2 Å². The lowest BCUT2D eigenvalue weighted by molar-refractivity contribution is -0.129. The average Bonchev–Trinajstić information content (AvgIpc) is 3.33. The molecule has 2 heterocycles. The van der Waals surface area contributed by atoms with Crippen LogP contribution in [0.3, 0.4) is 0 Å². The minimum absolute atomic E-state index is 0.0285. The van der Waals surface area contributed by atoms with Gasteiger partial charge >= 0.3 is 0 Å². The van der Waals surface area contributed by atoms with Crippen LogP contribution in [0, 0.1) is 12.8 Å². The van der Waals surface area contributed by atoms with Crippen molar-refractivity contribution in [2.45, 2.75) is 51.9 Å². The minimum atomic E-state index is -0.826. The van der Waals surface area contributed by atoms with Crippen molar-refractivity contribution >= 4 is 11.7 Å². The summed E-state index contributed by atoms with van der Waals surface area (Å²) in [5.41, 5.74) is 3.26. The van der Waals surface area contributed by atoms with E-state index in [4.69, 9.17) is 4.42 Å². The van der Waals surface area contributed by atoms with Gasteiger partial charge in [0.25, 0.3) is 5.89 Å². The summed E-state index contributed by atoms with van der Waals surface area (Å²) in [7, 11) is 0. The molecule has 0 radical (unpaired) electrons. The number of β-amino-alcohol motifs (C(OH)–C–C–N with tert-alkyl or cyclic N) is 1. The molecule has 1 aliphatic heterocycles. The standard InChI is InChI=1S/C28H35N5O4/c1-18(2)26(27(36)28-32-31-24(37-28)14-21-11-7-8-19(3)12-21)30-23(34)17-33-22(15-29-16-25(33)35)13-20-9-5-4-6-10-20/h4-12,18,22,25-26,29,35H,13-17H2,1-3H3,(H,30,34)/t22-,25?,26+/m1/s1. The number of Topliss-reactive ketones (excluding diaryl/α,β-unsaturated/α-hetero) is 1.